The van der Waals surface area contributed by atoms with Gasteiger partial charge >= 0.3 is 0 Å². The molecule has 2 saturated heterocycles. The number of benzene rings is 1. The van der Waals surface area contributed by atoms with Crippen molar-refractivity contribution in [2.75, 3.05) is 24.6 Å². The topological polar surface area (TPSA) is 37.4 Å². The quantitative estimate of drug-likeness (QED) is 0.771. The van der Waals surface area contributed by atoms with Crippen molar-refractivity contribution >= 4 is 9.84 Å². The van der Waals surface area contributed by atoms with E-state index in [1.807, 2.05) is 0 Å². The molecule has 1 atom stereocenters. The zero-order chi connectivity index (χ0) is 18.3. The van der Waals surface area contributed by atoms with Crippen LogP contribution in [0.2, 0.25) is 0 Å². The van der Waals surface area contributed by atoms with Crippen LogP contribution in [0.25, 0.3) is 0 Å². The zero-order valence-corrected chi connectivity index (χ0v) is 17.0. The Morgan fingerprint density at radius 1 is 1.20 bits per heavy atom. The smallest absolute Gasteiger partial charge is 0.151 e. The molecular formula is C21H33NO2S. The SMILES string of the molecule is CCC(C)(C)c1ccc(CC[C@H](C)N2CCC3(C2)CS(=O)(=O)C3)cc1. The third-order valence-electron chi connectivity index (χ3n) is 6.61. The summed E-state index contributed by atoms with van der Waals surface area (Å²) in [5.74, 6) is 0.829. The highest BCUT2D eigenvalue weighted by atomic mass is 32.2. The van der Waals surface area contributed by atoms with Crippen LogP contribution in [0.5, 0.6) is 0 Å². The molecule has 3 rings (SSSR count). The summed E-state index contributed by atoms with van der Waals surface area (Å²) < 4.78 is 23.1. The van der Waals surface area contributed by atoms with E-state index in [-0.39, 0.29) is 10.8 Å². The molecule has 25 heavy (non-hydrogen) atoms. The van der Waals surface area contributed by atoms with Crippen LogP contribution in [0.1, 0.15) is 58.1 Å². The average Bonchev–Trinajstić information content (AvgIpc) is 2.96. The molecule has 0 unspecified atom stereocenters. The molecule has 2 fully saturated rings. The normalized spacial score (nSPS) is 23.5. The molecule has 1 aromatic carbocycles. The largest absolute Gasteiger partial charge is 0.300 e. The van der Waals surface area contributed by atoms with Crippen molar-refractivity contribution in [1.82, 2.24) is 4.90 Å². The number of hydrogen-bond acceptors (Lipinski definition) is 3. The fraction of sp³-hybridized carbons (Fsp3) is 0.714. The second kappa shape index (κ2) is 6.70. The second-order valence-corrected chi connectivity index (χ2v) is 11.1. The Morgan fingerprint density at radius 3 is 2.40 bits per heavy atom. The van der Waals surface area contributed by atoms with Crippen molar-refractivity contribution in [2.24, 2.45) is 5.41 Å². The number of sulfone groups is 1. The number of nitrogens with zero attached hydrogens (tertiary/aromatic N) is 1. The van der Waals surface area contributed by atoms with E-state index in [2.05, 4.69) is 56.9 Å². The molecule has 0 N–H and O–H groups in total. The minimum atomic E-state index is -2.72. The van der Waals surface area contributed by atoms with Gasteiger partial charge in [-0.2, -0.15) is 0 Å². The van der Waals surface area contributed by atoms with Gasteiger partial charge < -0.3 is 4.90 Å². The highest BCUT2D eigenvalue weighted by Gasteiger charge is 2.52. The van der Waals surface area contributed by atoms with Crippen LogP contribution in [0.15, 0.2) is 24.3 Å². The Bertz CT molecular complexity index is 694. The lowest BCUT2D eigenvalue weighted by Gasteiger charge is -2.38. The Labute approximate surface area is 153 Å². The molecule has 0 aromatic heterocycles. The van der Waals surface area contributed by atoms with Gasteiger partial charge in [0.2, 0.25) is 0 Å². The third-order valence-corrected chi connectivity index (χ3v) is 8.72. The van der Waals surface area contributed by atoms with E-state index in [0.717, 1.165) is 38.8 Å². The molecule has 0 saturated carbocycles. The molecule has 1 spiro atoms. The molecule has 2 heterocycles. The molecule has 2 aliphatic heterocycles. The Morgan fingerprint density at radius 2 is 1.84 bits per heavy atom. The first-order valence-electron chi connectivity index (χ1n) is 9.69. The van der Waals surface area contributed by atoms with Gasteiger partial charge in [-0.25, -0.2) is 8.42 Å². The standard InChI is InChI=1S/C21H33NO2S/c1-5-20(3,4)19-10-8-18(9-11-19)7-6-17(2)22-13-12-21(14-22)15-25(23,24)16-21/h8-11,17H,5-7,12-16H2,1-4H3/t17-/m0/s1. The van der Waals surface area contributed by atoms with E-state index in [4.69, 9.17) is 0 Å². The maximum Gasteiger partial charge on any atom is 0.151 e. The average molecular weight is 364 g/mol. The van der Waals surface area contributed by atoms with Crippen LogP contribution >= 0.6 is 0 Å². The number of aryl methyl sites for hydroxylation is 1. The second-order valence-electron chi connectivity index (χ2n) is 9.07. The molecule has 0 aliphatic carbocycles. The summed E-state index contributed by atoms with van der Waals surface area (Å²) in [6, 6.07) is 9.66. The summed E-state index contributed by atoms with van der Waals surface area (Å²) in [4.78, 5) is 2.50. The minimum absolute atomic E-state index is 0.0838. The van der Waals surface area contributed by atoms with Crippen molar-refractivity contribution in [3.63, 3.8) is 0 Å². The van der Waals surface area contributed by atoms with Gasteiger partial charge in [0.25, 0.3) is 0 Å². The van der Waals surface area contributed by atoms with Gasteiger partial charge in [-0.1, -0.05) is 45.0 Å². The first-order valence-corrected chi connectivity index (χ1v) is 11.5. The molecular weight excluding hydrogens is 330 g/mol. The van der Waals surface area contributed by atoms with Crippen LogP contribution in [0.3, 0.4) is 0 Å². The van der Waals surface area contributed by atoms with Gasteiger partial charge in [0.1, 0.15) is 0 Å². The zero-order valence-electron chi connectivity index (χ0n) is 16.2. The van der Waals surface area contributed by atoms with Crippen molar-refractivity contribution < 1.29 is 8.42 Å². The minimum Gasteiger partial charge on any atom is -0.300 e. The van der Waals surface area contributed by atoms with Gasteiger partial charge in [-0.05, 0) is 55.7 Å². The van der Waals surface area contributed by atoms with Crippen molar-refractivity contribution in [2.45, 2.75) is 64.8 Å². The van der Waals surface area contributed by atoms with E-state index < -0.39 is 9.84 Å². The summed E-state index contributed by atoms with van der Waals surface area (Å²) in [7, 11) is -2.72. The lowest BCUT2D eigenvalue weighted by Crippen LogP contribution is -2.50. The first-order chi connectivity index (χ1) is 11.6. The van der Waals surface area contributed by atoms with Crippen LogP contribution in [0.4, 0.5) is 0 Å². The summed E-state index contributed by atoms with van der Waals surface area (Å²) in [5, 5.41) is 0. The van der Waals surface area contributed by atoms with Gasteiger partial charge in [-0.3, -0.25) is 0 Å². The van der Waals surface area contributed by atoms with Crippen LogP contribution in [0, 0.1) is 5.41 Å². The maximum absolute atomic E-state index is 11.5. The van der Waals surface area contributed by atoms with Crippen LogP contribution in [-0.2, 0) is 21.7 Å². The summed E-state index contributed by atoms with van der Waals surface area (Å²) in [5.41, 5.74) is 3.15. The highest BCUT2D eigenvalue weighted by molar-refractivity contribution is 7.92. The summed E-state index contributed by atoms with van der Waals surface area (Å²) in [6.45, 7) is 11.2. The van der Waals surface area contributed by atoms with Crippen molar-refractivity contribution in [3.05, 3.63) is 35.4 Å². The fourth-order valence-corrected chi connectivity index (χ4v) is 6.61. The molecule has 1 aromatic rings. The summed E-state index contributed by atoms with van der Waals surface area (Å²) in [6.07, 6.45) is 4.43. The molecule has 0 amide bonds. The maximum atomic E-state index is 11.5. The lowest BCUT2D eigenvalue weighted by molar-refractivity contribution is 0.216. The molecule has 2 aliphatic rings. The number of hydrogen-bond donors (Lipinski definition) is 0. The van der Waals surface area contributed by atoms with Crippen LogP contribution in [-0.4, -0.2) is 44.0 Å². The molecule has 3 nitrogen and oxygen atoms in total. The van der Waals surface area contributed by atoms with E-state index >= 15 is 0 Å². The Kier molecular flexibility index (Phi) is 5.06. The van der Waals surface area contributed by atoms with Gasteiger partial charge in [0.05, 0.1) is 11.5 Å². The van der Waals surface area contributed by atoms with Gasteiger partial charge in [0, 0.05) is 18.0 Å². The monoisotopic (exact) mass is 363 g/mol. The van der Waals surface area contributed by atoms with Crippen molar-refractivity contribution in [1.29, 1.82) is 0 Å². The summed E-state index contributed by atoms with van der Waals surface area (Å²) >= 11 is 0. The van der Waals surface area contributed by atoms with Gasteiger partial charge in [0.15, 0.2) is 9.84 Å². The third kappa shape index (κ3) is 4.11. The Balaban J connectivity index is 1.51. The fourth-order valence-electron chi connectivity index (χ4n) is 4.36. The lowest BCUT2D eigenvalue weighted by atomic mass is 9.82. The van der Waals surface area contributed by atoms with Crippen LogP contribution < -0.4 is 0 Å². The molecule has 4 heteroatoms. The predicted molar refractivity (Wildman–Crippen MR) is 105 cm³/mol. The number of likely N-dealkylation sites (tertiary alicyclic amines) is 1. The highest BCUT2D eigenvalue weighted by Crippen LogP contribution is 2.42. The van der Waals surface area contributed by atoms with E-state index in [1.54, 1.807) is 0 Å². The molecule has 140 valence electrons. The van der Waals surface area contributed by atoms with E-state index in [1.165, 1.54) is 11.1 Å². The molecule has 0 bridgehead atoms. The van der Waals surface area contributed by atoms with Crippen molar-refractivity contribution in [3.8, 4) is 0 Å². The molecule has 0 radical (unpaired) electrons. The first kappa shape index (κ1) is 18.9. The van der Waals surface area contributed by atoms with E-state index in [0.29, 0.717) is 17.5 Å². The van der Waals surface area contributed by atoms with E-state index in [9.17, 15) is 8.42 Å². The Hall–Kier alpha value is -0.870. The predicted octanol–water partition coefficient (Wildman–Crippen LogP) is 3.82. The van der Waals surface area contributed by atoms with Gasteiger partial charge in [-0.15, -0.1) is 0 Å². The number of rotatable bonds is 6.